The average molecular weight is 232 g/mol. The van der Waals surface area contributed by atoms with Crippen molar-refractivity contribution in [3.63, 3.8) is 0 Å². The molecule has 0 heterocycles. The Labute approximate surface area is 99.3 Å². The van der Waals surface area contributed by atoms with Gasteiger partial charge in [-0.1, -0.05) is 30.9 Å². The summed E-state index contributed by atoms with van der Waals surface area (Å²) in [6.07, 6.45) is 3.63. The van der Waals surface area contributed by atoms with Crippen LogP contribution in [-0.4, -0.2) is 0 Å². The van der Waals surface area contributed by atoms with Gasteiger partial charge in [-0.25, -0.2) is 0 Å². The van der Waals surface area contributed by atoms with Crippen LogP contribution in [0.4, 0.5) is 0 Å². The summed E-state index contributed by atoms with van der Waals surface area (Å²) in [4.78, 5) is 0. The first kappa shape index (κ1) is 11.7. The van der Waals surface area contributed by atoms with E-state index in [1.807, 2.05) is 30.4 Å². The van der Waals surface area contributed by atoms with Crippen LogP contribution in [0, 0.1) is 6.92 Å². The molecule has 0 saturated carbocycles. The van der Waals surface area contributed by atoms with E-state index in [9.17, 15) is 0 Å². The van der Waals surface area contributed by atoms with Gasteiger partial charge in [-0.05, 0) is 5.56 Å². The molecule has 0 aliphatic heterocycles. The Morgan fingerprint density at radius 3 is 2.17 bits per heavy atom. The molecule has 0 bridgehead atoms. The summed E-state index contributed by atoms with van der Waals surface area (Å²) in [5.41, 5.74) is 3.20. The minimum Gasteiger partial charge on any atom is -0.199 e. The van der Waals surface area contributed by atoms with Crippen LogP contribution in [0.2, 0.25) is 0 Å². The van der Waals surface area contributed by atoms with Crippen molar-refractivity contribution in [1.29, 1.82) is 0 Å². The second-order valence-corrected chi connectivity index (χ2v) is 2.37. The summed E-state index contributed by atoms with van der Waals surface area (Å²) in [6, 6.07) is 5.94. The summed E-state index contributed by atoms with van der Waals surface area (Å²) in [5, 5.41) is 0. The van der Waals surface area contributed by atoms with Crippen LogP contribution >= 0.6 is 0 Å². The van der Waals surface area contributed by atoms with Crippen molar-refractivity contribution in [2.45, 2.75) is 0 Å². The van der Waals surface area contributed by atoms with E-state index >= 15 is 0 Å². The van der Waals surface area contributed by atoms with Gasteiger partial charge in [0.1, 0.15) is 0 Å². The Bertz CT molecular complexity index is 287. The third kappa shape index (κ3) is 2.62. The van der Waals surface area contributed by atoms with Crippen LogP contribution < -0.4 is 0 Å². The summed E-state index contributed by atoms with van der Waals surface area (Å²) >= 11 is 0. The maximum Gasteiger partial charge on any atom is 0 e. The zero-order valence-electron chi connectivity index (χ0n) is 7.09. The fraction of sp³-hybridized carbons (Fsp3) is 0. The van der Waals surface area contributed by atoms with E-state index in [-0.39, 0.29) is 32.7 Å². The SMILES string of the molecule is C=Cc1ccc([CH2-])cc1C=C.[Y]. The van der Waals surface area contributed by atoms with Gasteiger partial charge < -0.3 is 0 Å². The predicted octanol–water partition coefficient (Wildman–Crippen LogP) is 3.15. The summed E-state index contributed by atoms with van der Waals surface area (Å²) in [7, 11) is 0. The van der Waals surface area contributed by atoms with E-state index in [2.05, 4.69) is 20.1 Å². The van der Waals surface area contributed by atoms with Crippen LogP contribution in [-0.2, 0) is 32.7 Å². The largest absolute Gasteiger partial charge is 0.199 e. The monoisotopic (exact) mass is 232 g/mol. The maximum atomic E-state index is 3.82. The first-order valence-electron chi connectivity index (χ1n) is 3.49. The Balaban J connectivity index is 0.00000121. The van der Waals surface area contributed by atoms with Crippen LogP contribution in [0.25, 0.3) is 12.2 Å². The summed E-state index contributed by atoms with van der Waals surface area (Å²) in [6.45, 7) is 11.2. The molecule has 0 amide bonds. The van der Waals surface area contributed by atoms with Crippen molar-refractivity contribution in [2.75, 3.05) is 0 Å². The van der Waals surface area contributed by atoms with Gasteiger partial charge in [-0.15, -0.1) is 6.07 Å². The quantitative estimate of drug-likeness (QED) is 0.687. The number of hydrogen-bond acceptors (Lipinski definition) is 0. The van der Waals surface area contributed by atoms with E-state index in [1.54, 1.807) is 0 Å². The predicted molar refractivity (Wildman–Crippen MR) is 51.1 cm³/mol. The molecule has 0 aliphatic carbocycles. The van der Waals surface area contributed by atoms with Crippen molar-refractivity contribution < 1.29 is 32.7 Å². The van der Waals surface area contributed by atoms with Crippen LogP contribution in [0.1, 0.15) is 16.7 Å². The van der Waals surface area contributed by atoms with Crippen LogP contribution in [0.15, 0.2) is 31.4 Å². The molecule has 59 valence electrons. The topological polar surface area (TPSA) is 0 Å². The average Bonchev–Trinajstić information content (AvgIpc) is 2.04. The van der Waals surface area contributed by atoms with Crippen molar-refractivity contribution in [3.8, 4) is 0 Å². The molecule has 1 aromatic carbocycles. The molecule has 12 heavy (non-hydrogen) atoms. The van der Waals surface area contributed by atoms with Gasteiger partial charge in [0.15, 0.2) is 0 Å². The summed E-state index contributed by atoms with van der Waals surface area (Å²) < 4.78 is 0. The van der Waals surface area contributed by atoms with Gasteiger partial charge in [-0.3, -0.25) is 0 Å². The summed E-state index contributed by atoms with van der Waals surface area (Å²) in [5.74, 6) is 0. The molecule has 0 N–H and O–H groups in total. The van der Waals surface area contributed by atoms with Gasteiger partial charge in [0.25, 0.3) is 0 Å². The van der Waals surface area contributed by atoms with E-state index in [1.165, 1.54) is 0 Å². The molecule has 0 saturated heterocycles. The van der Waals surface area contributed by atoms with Crippen molar-refractivity contribution >= 4 is 12.2 Å². The smallest absolute Gasteiger partial charge is 0 e. The van der Waals surface area contributed by atoms with Gasteiger partial charge in [0.2, 0.25) is 0 Å². The van der Waals surface area contributed by atoms with Crippen molar-refractivity contribution in [2.24, 2.45) is 0 Å². The number of hydrogen-bond donors (Lipinski definition) is 0. The molecule has 1 radical (unpaired) electrons. The van der Waals surface area contributed by atoms with Gasteiger partial charge in [0.05, 0.1) is 0 Å². The fourth-order valence-corrected chi connectivity index (χ4v) is 0.987. The minimum absolute atomic E-state index is 0. The molecule has 0 nitrogen and oxygen atoms in total. The second kappa shape index (κ2) is 5.34. The van der Waals surface area contributed by atoms with Gasteiger partial charge >= 0.3 is 0 Å². The van der Waals surface area contributed by atoms with Crippen LogP contribution in [0.5, 0.6) is 0 Å². The van der Waals surface area contributed by atoms with E-state index < -0.39 is 0 Å². The third-order valence-corrected chi connectivity index (χ3v) is 1.59. The number of benzene rings is 1. The Hall–Kier alpha value is -0.326. The van der Waals surface area contributed by atoms with E-state index in [4.69, 9.17) is 0 Å². The zero-order chi connectivity index (χ0) is 8.27. The zero-order valence-corrected chi connectivity index (χ0v) is 9.92. The van der Waals surface area contributed by atoms with Crippen molar-refractivity contribution in [1.82, 2.24) is 0 Å². The molecule has 0 aromatic heterocycles. The molecule has 0 spiro atoms. The molecule has 1 heteroatoms. The minimum atomic E-state index is 0. The Morgan fingerprint density at radius 2 is 1.67 bits per heavy atom. The third-order valence-electron chi connectivity index (χ3n) is 1.59. The Morgan fingerprint density at radius 1 is 1.08 bits per heavy atom. The molecule has 0 fully saturated rings. The first-order chi connectivity index (χ1) is 5.27. The maximum absolute atomic E-state index is 3.82. The van der Waals surface area contributed by atoms with Gasteiger partial charge in [0, 0.05) is 32.7 Å². The molecular formula is C11H11Y-. The number of rotatable bonds is 2. The first-order valence-corrected chi connectivity index (χ1v) is 3.49. The fourth-order valence-electron chi connectivity index (χ4n) is 0.987. The Kier molecular flexibility index (Phi) is 5.20. The molecule has 0 aliphatic rings. The molecule has 1 rings (SSSR count). The standard InChI is InChI=1S/C11H11.Y/c1-4-10-7-6-9(3)8-11(10)5-2;/h4-8H,1-3H2;/q-1;. The van der Waals surface area contributed by atoms with Gasteiger partial charge in [-0.2, -0.15) is 24.6 Å². The molecule has 0 unspecified atom stereocenters. The van der Waals surface area contributed by atoms with Crippen LogP contribution in [0.3, 0.4) is 0 Å². The van der Waals surface area contributed by atoms with E-state index in [0.717, 1.165) is 16.7 Å². The molecule has 0 atom stereocenters. The molecular weight excluding hydrogens is 221 g/mol. The normalized spacial score (nSPS) is 8.33. The second-order valence-electron chi connectivity index (χ2n) is 2.37. The molecule has 1 aromatic rings. The van der Waals surface area contributed by atoms with E-state index in [0.29, 0.717) is 0 Å². The van der Waals surface area contributed by atoms with Crippen molar-refractivity contribution in [3.05, 3.63) is 55.0 Å².